The lowest BCUT2D eigenvalue weighted by Crippen LogP contribution is -1.96. The number of nitro groups is 1. The summed E-state index contributed by atoms with van der Waals surface area (Å²) in [6.45, 7) is 3.72. The number of allylic oxidation sites excluding steroid dienone is 1. The summed E-state index contributed by atoms with van der Waals surface area (Å²) in [6.07, 6.45) is 5.31. The number of nitrogens with zero attached hydrogens (tertiary/aromatic N) is 3. The third-order valence-electron chi connectivity index (χ3n) is 3.02. The summed E-state index contributed by atoms with van der Waals surface area (Å²) < 4.78 is 5.28. The molecule has 0 radical (unpaired) electrons. The fourth-order valence-electron chi connectivity index (χ4n) is 1.93. The number of pyridine rings is 1. The summed E-state index contributed by atoms with van der Waals surface area (Å²) in [5.41, 5.74) is 4.56. The fourth-order valence-corrected chi connectivity index (χ4v) is 1.93. The molecule has 1 N–H and O–H groups in total. The van der Waals surface area contributed by atoms with Gasteiger partial charge in [0.05, 0.1) is 18.2 Å². The number of hydrazone groups is 1. The Balaban J connectivity index is 2.06. The average molecular weight is 312 g/mol. The third kappa shape index (κ3) is 4.37. The van der Waals surface area contributed by atoms with Crippen molar-refractivity contribution in [2.75, 3.05) is 12.5 Å². The Kier molecular flexibility index (Phi) is 5.40. The highest BCUT2D eigenvalue weighted by Crippen LogP contribution is 2.20. The van der Waals surface area contributed by atoms with Gasteiger partial charge in [-0.3, -0.25) is 15.5 Å². The van der Waals surface area contributed by atoms with Crippen molar-refractivity contribution >= 4 is 17.7 Å². The van der Waals surface area contributed by atoms with Crippen LogP contribution in [0, 0.1) is 10.1 Å². The Hall–Kier alpha value is -3.22. The molecular weight excluding hydrogens is 296 g/mol. The van der Waals surface area contributed by atoms with Gasteiger partial charge in [0, 0.05) is 6.07 Å². The van der Waals surface area contributed by atoms with E-state index in [9.17, 15) is 10.1 Å². The van der Waals surface area contributed by atoms with Crippen LogP contribution in [-0.4, -0.2) is 23.2 Å². The van der Waals surface area contributed by atoms with Crippen LogP contribution in [0.25, 0.3) is 0 Å². The number of benzene rings is 1. The molecule has 1 aromatic heterocycles. The number of anilines is 1. The second-order valence-corrected chi connectivity index (χ2v) is 4.59. The van der Waals surface area contributed by atoms with Gasteiger partial charge in [-0.2, -0.15) is 5.10 Å². The van der Waals surface area contributed by atoms with Crippen LogP contribution in [-0.2, 0) is 6.42 Å². The highest BCUT2D eigenvalue weighted by atomic mass is 16.6. The lowest BCUT2D eigenvalue weighted by atomic mass is 10.1. The first-order chi connectivity index (χ1) is 11.1. The zero-order chi connectivity index (χ0) is 16.7. The first-order valence-electron chi connectivity index (χ1n) is 6.81. The van der Waals surface area contributed by atoms with Crippen LogP contribution in [0.3, 0.4) is 0 Å². The maximum absolute atomic E-state index is 10.5. The van der Waals surface area contributed by atoms with Crippen LogP contribution in [0.5, 0.6) is 5.75 Å². The van der Waals surface area contributed by atoms with E-state index in [2.05, 4.69) is 22.1 Å². The summed E-state index contributed by atoms with van der Waals surface area (Å²) in [4.78, 5) is 14.0. The van der Waals surface area contributed by atoms with Crippen molar-refractivity contribution in [3.63, 3.8) is 0 Å². The Bertz CT molecular complexity index is 727. The molecule has 0 atom stereocenters. The van der Waals surface area contributed by atoms with E-state index in [-0.39, 0.29) is 5.69 Å². The van der Waals surface area contributed by atoms with Crippen LogP contribution in [0.4, 0.5) is 11.5 Å². The molecule has 0 saturated heterocycles. The van der Waals surface area contributed by atoms with E-state index in [1.165, 1.54) is 18.3 Å². The molecule has 0 fully saturated rings. The van der Waals surface area contributed by atoms with Crippen molar-refractivity contribution in [3.8, 4) is 5.75 Å². The minimum absolute atomic E-state index is 0.0660. The van der Waals surface area contributed by atoms with Gasteiger partial charge in [-0.15, -0.1) is 6.58 Å². The van der Waals surface area contributed by atoms with Crippen LogP contribution < -0.4 is 10.2 Å². The molecule has 2 aromatic rings. The topological polar surface area (TPSA) is 89.7 Å². The molecule has 1 aromatic carbocycles. The highest BCUT2D eigenvalue weighted by molar-refractivity contribution is 5.81. The number of nitrogens with one attached hydrogen (secondary N) is 1. The molecule has 118 valence electrons. The van der Waals surface area contributed by atoms with E-state index in [0.29, 0.717) is 12.2 Å². The Labute approximate surface area is 133 Å². The van der Waals surface area contributed by atoms with Gasteiger partial charge in [0.2, 0.25) is 0 Å². The zero-order valence-electron chi connectivity index (χ0n) is 12.6. The molecule has 0 aliphatic heterocycles. The predicted octanol–water partition coefficient (Wildman–Crippen LogP) is 3.17. The molecule has 1 heterocycles. The number of rotatable bonds is 7. The highest BCUT2D eigenvalue weighted by Gasteiger charge is 2.04. The molecule has 0 saturated carbocycles. The molecular formula is C16H16N4O3. The summed E-state index contributed by atoms with van der Waals surface area (Å²) in [5, 5.41) is 14.6. The molecule has 2 rings (SSSR count). The minimum atomic E-state index is -0.501. The zero-order valence-corrected chi connectivity index (χ0v) is 12.6. The van der Waals surface area contributed by atoms with Gasteiger partial charge in [0.1, 0.15) is 17.8 Å². The third-order valence-corrected chi connectivity index (χ3v) is 3.02. The number of methoxy groups -OCH3 is 1. The van der Waals surface area contributed by atoms with E-state index >= 15 is 0 Å². The van der Waals surface area contributed by atoms with Gasteiger partial charge in [-0.25, -0.2) is 4.98 Å². The predicted molar refractivity (Wildman–Crippen MR) is 89.0 cm³/mol. The fraction of sp³-hybridized carbons (Fsp3) is 0.125. The largest absolute Gasteiger partial charge is 0.496 e. The lowest BCUT2D eigenvalue weighted by molar-refractivity contribution is -0.385. The molecule has 0 unspecified atom stereocenters. The van der Waals surface area contributed by atoms with Gasteiger partial charge in [0.25, 0.3) is 5.69 Å². The van der Waals surface area contributed by atoms with Gasteiger partial charge < -0.3 is 4.74 Å². The van der Waals surface area contributed by atoms with Crippen molar-refractivity contribution in [2.45, 2.75) is 6.42 Å². The van der Waals surface area contributed by atoms with Gasteiger partial charge in [0.15, 0.2) is 0 Å². The van der Waals surface area contributed by atoms with E-state index in [1.807, 2.05) is 18.2 Å². The van der Waals surface area contributed by atoms with Crippen molar-refractivity contribution in [3.05, 3.63) is 70.4 Å². The number of hydrogen-bond acceptors (Lipinski definition) is 6. The van der Waals surface area contributed by atoms with Crippen LogP contribution in [0.2, 0.25) is 0 Å². The SMILES string of the molecule is C=CCc1cc(/C=N/Nc2ccc([N+](=O)[O-])cn2)ccc1OC. The molecule has 7 heteroatoms. The second kappa shape index (κ2) is 7.69. The molecule has 0 bridgehead atoms. The van der Waals surface area contributed by atoms with Crippen LogP contribution in [0.1, 0.15) is 11.1 Å². The monoisotopic (exact) mass is 312 g/mol. The standard InChI is InChI=1S/C16H16N4O3/c1-3-4-13-9-12(5-7-15(13)23-2)10-18-19-16-8-6-14(11-17-16)20(21)22/h3,5-11H,1,4H2,2H3,(H,17,19)/b18-10+. The van der Waals surface area contributed by atoms with Crippen molar-refractivity contribution in [2.24, 2.45) is 5.10 Å². The van der Waals surface area contributed by atoms with Crippen molar-refractivity contribution in [1.82, 2.24) is 4.98 Å². The number of aromatic nitrogens is 1. The minimum Gasteiger partial charge on any atom is -0.496 e. The molecule has 0 spiro atoms. The van der Waals surface area contributed by atoms with Crippen LogP contribution in [0.15, 0.2) is 54.3 Å². The van der Waals surface area contributed by atoms with Gasteiger partial charge >= 0.3 is 0 Å². The average Bonchev–Trinajstić information content (AvgIpc) is 2.56. The molecule has 0 amide bonds. The van der Waals surface area contributed by atoms with Gasteiger partial charge in [-0.05, 0) is 41.8 Å². The van der Waals surface area contributed by atoms with E-state index in [1.54, 1.807) is 19.4 Å². The smallest absolute Gasteiger partial charge is 0.287 e. The normalized spacial score (nSPS) is 10.5. The van der Waals surface area contributed by atoms with Crippen molar-refractivity contribution in [1.29, 1.82) is 0 Å². The lowest BCUT2D eigenvalue weighted by Gasteiger charge is -2.07. The summed E-state index contributed by atoms with van der Waals surface area (Å²) in [7, 11) is 1.62. The Morgan fingerprint density at radius 2 is 2.26 bits per heavy atom. The Morgan fingerprint density at radius 3 is 2.87 bits per heavy atom. The molecule has 7 nitrogen and oxygen atoms in total. The summed E-state index contributed by atoms with van der Waals surface area (Å²) in [5.74, 6) is 1.22. The summed E-state index contributed by atoms with van der Waals surface area (Å²) in [6, 6.07) is 8.55. The maximum atomic E-state index is 10.5. The number of hydrogen-bond donors (Lipinski definition) is 1. The molecule has 23 heavy (non-hydrogen) atoms. The Morgan fingerprint density at radius 1 is 1.43 bits per heavy atom. The first kappa shape index (κ1) is 16.2. The second-order valence-electron chi connectivity index (χ2n) is 4.59. The summed E-state index contributed by atoms with van der Waals surface area (Å²) >= 11 is 0. The first-order valence-corrected chi connectivity index (χ1v) is 6.81. The number of ether oxygens (including phenoxy) is 1. The maximum Gasteiger partial charge on any atom is 0.287 e. The van der Waals surface area contributed by atoms with E-state index in [0.717, 1.165) is 16.9 Å². The molecule has 0 aliphatic rings. The van der Waals surface area contributed by atoms with Crippen molar-refractivity contribution < 1.29 is 9.66 Å². The molecule has 0 aliphatic carbocycles. The van der Waals surface area contributed by atoms with Crippen LogP contribution >= 0.6 is 0 Å². The quantitative estimate of drug-likeness (QED) is 0.367. The van der Waals surface area contributed by atoms with Gasteiger partial charge in [-0.1, -0.05) is 6.08 Å². The van der Waals surface area contributed by atoms with E-state index in [4.69, 9.17) is 4.74 Å². The van der Waals surface area contributed by atoms with E-state index < -0.39 is 4.92 Å².